The van der Waals surface area contributed by atoms with Crippen LogP contribution in [0.15, 0.2) is 30.4 Å². The highest BCUT2D eigenvalue weighted by Gasteiger charge is 2.67. The number of halogens is 4. The standard InChI is InChI=1S/C25H24ClF3N2O3/c26-18-8-3-12(25(27,28)29)9-19(18)30-22(32)11-1-4-13(5-2-11)31-23(33)20-14-6-7-15(17-10-16(14)17)21(20)24(31)34/h3,6-9,11,13-17,20-21H,1-2,4-5,10H2,(H,30,32)/t11?,13?,14-,15-,16-,17+,20+,21-/m1/s1. The fourth-order valence-electron chi connectivity index (χ4n) is 6.97. The zero-order valence-corrected chi connectivity index (χ0v) is 19.0. The highest BCUT2D eigenvalue weighted by Crippen LogP contribution is 2.65. The third-order valence-corrected chi connectivity index (χ3v) is 9.01. The maximum Gasteiger partial charge on any atom is 0.416 e. The molecule has 3 saturated carbocycles. The van der Waals surface area contributed by atoms with Crippen LogP contribution in [-0.2, 0) is 20.6 Å². The number of alkyl halides is 3. The van der Waals surface area contributed by atoms with Gasteiger partial charge < -0.3 is 5.32 Å². The number of hydrogen-bond acceptors (Lipinski definition) is 3. The summed E-state index contributed by atoms with van der Waals surface area (Å²) in [4.78, 5) is 40.9. The van der Waals surface area contributed by atoms with E-state index in [1.807, 2.05) is 0 Å². The number of likely N-dealkylation sites (tertiary alicyclic amines) is 1. The molecule has 5 aliphatic carbocycles. The Hall–Kier alpha value is -2.35. The van der Waals surface area contributed by atoms with Crippen molar-refractivity contribution in [2.24, 2.45) is 41.4 Å². The largest absolute Gasteiger partial charge is 0.416 e. The Balaban J connectivity index is 1.11. The zero-order chi connectivity index (χ0) is 23.9. The van der Waals surface area contributed by atoms with E-state index >= 15 is 0 Å². The summed E-state index contributed by atoms with van der Waals surface area (Å²) in [7, 11) is 0. The van der Waals surface area contributed by atoms with Crippen LogP contribution in [0, 0.1) is 41.4 Å². The molecule has 0 radical (unpaired) electrons. The smallest absolute Gasteiger partial charge is 0.325 e. The predicted molar refractivity (Wildman–Crippen MR) is 117 cm³/mol. The first-order valence-electron chi connectivity index (χ1n) is 11.9. The summed E-state index contributed by atoms with van der Waals surface area (Å²) in [5.41, 5.74) is -0.955. The normalized spacial score (nSPS) is 38.1. The number of nitrogens with zero attached hydrogens (tertiary/aromatic N) is 1. The van der Waals surface area contributed by atoms with Crippen LogP contribution in [0.1, 0.15) is 37.7 Å². The van der Waals surface area contributed by atoms with Crippen molar-refractivity contribution in [3.63, 3.8) is 0 Å². The Labute approximate surface area is 199 Å². The number of benzene rings is 1. The van der Waals surface area contributed by atoms with Crippen LogP contribution in [0.3, 0.4) is 0 Å². The zero-order valence-electron chi connectivity index (χ0n) is 18.2. The third-order valence-electron chi connectivity index (χ3n) is 8.68. The fraction of sp³-hybridized carbons (Fsp3) is 0.560. The fourth-order valence-corrected chi connectivity index (χ4v) is 7.13. The topological polar surface area (TPSA) is 66.5 Å². The molecule has 1 aromatic carbocycles. The summed E-state index contributed by atoms with van der Waals surface area (Å²) in [5, 5.41) is 2.57. The van der Waals surface area contributed by atoms with Gasteiger partial charge in [-0.2, -0.15) is 13.2 Å². The number of rotatable bonds is 3. The summed E-state index contributed by atoms with van der Waals surface area (Å²) >= 11 is 6.00. The molecular formula is C25H24ClF3N2O3. The molecule has 6 aliphatic rings. The van der Waals surface area contributed by atoms with Gasteiger partial charge in [0.2, 0.25) is 17.7 Å². The lowest BCUT2D eigenvalue weighted by atomic mass is 9.63. The van der Waals surface area contributed by atoms with E-state index in [2.05, 4.69) is 17.5 Å². The van der Waals surface area contributed by atoms with Crippen LogP contribution >= 0.6 is 11.6 Å². The van der Waals surface area contributed by atoms with Crippen molar-refractivity contribution in [2.45, 2.75) is 44.3 Å². The van der Waals surface area contributed by atoms with Gasteiger partial charge in [-0.1, -0.05) is 23.8 Å². The second kappa shape index (κ2) is 7.57. The van der Waals surface area contributed by atoms with Crippen molar-refractivity contribution >= 4 is 35.0 Å². The number of carbonyl (C=O) groups excluding carboxylic acids is 3. The van der Waals surface area contributed by atoms with Crippen LogP contribution in [0.4, 0.5) is 18.9 Å². The molecule has 5 nitrogen and oxygen atoms in total. The molecule has 1 aliphatic heterocycles. The second-order valence-electron chi connectivity index (χ2n) is 10.4. The average Bonchev–Trinajstić information content (AvgIpc) is 3.58. The first kappa shape index (κ1) is 22.1. The maximum atomic E-state index is 13.3. The lowest BCUT2D eigenvalue weighted by Gasteiger charge is -2.37. The van der Waals surface area contributed by atoms with Crippen molar-refractivity contribution in [1.82, 2.24) is 4.90 Å². The van der Waals surface area contributed by atoms with E-state index in [1.54, 1.807) is 0 Å². The monoisotopic (exact) mass is 492 g/mol. The van der Waals surface area contributed by atoms with Crippen LogP contribution in [-0.4, -0.2) is 28.7 Å². The summed E-state index contributed by atoms with van der Waals surface area (Å²) in [6.45, 7) is 0. The van der Waals surface area contributed by atoms with Gasteiger partial charge in [-0.3, -0.25) is 19.3 Å². The Kier molecular flexibility index (Phi) is 4.93. The molecule has 9 heteroatoms. The van der Waals surface area contributed by atoms with Gasteiger partial charge in [-0.15, -0.1) is 0 Å². The lowest BCUT2D eigenvalue weighted by Crippen LogP contribution is -2.44. The van der Waals surface area contributed by atoms with E-state index < -0.39 is 23.6 Å². The first-order valence-corrected chi connectivity index (χ1v) is 12.3. The Morgan fingerprint density at radius 2 is 1.56 bits per heavy atom. The van der Waals surface area contributed by atoms with Crippen molar-refractivity contribution in [3.8, 4) is 0 Å². The molecule has 0 unspecified atom stereocenters. The van der Waals surface area contributed by atoms with Gasteiger partial charge >= 0.3 is 6.18 Å². The van der Waals surface area contributed by atoms with Crippen molar-refractivity contribution in [1.29, 1.82) is 0 Å². The molecule has 3 amide bonds. The summed E-state index contributed by atoms with van der Waals surface area (Å²) in [6, 6.07) is 2.60. The van der Waals surface area contributed by atoms with Gasteiger partial charge in [0.25, 0.3) is 0 Å². The second-order valence-corrected chi connectivity index (χ2v) is 10.8. The maximum absolute atomic E-state index is 13.3. The summed E-state index contributed by atoms with van der Waals surface area (Å²) in [5.74, 6) is 0.0983. The molecule has 0 spiro atoms. The average molecular weight is 493 g/mol. The number of imide groups is 1. The minimum Gasteiger partial charge on any atom is -0.325 e. The van der Waals surface area contributed by atoms with E-state index in [4.69, 9.17) is 11.6 Å². The number of allylic oxidation sites excluding steroid dienone is 2. The molecule has 2 bridgehead atoms. The van der Waals surface area contributed by atoms with Gasteiger partial charge in [-0.25, -0.2) is 0 Å². The van der Waals surface area contributed by atoms with E-state index in [1.165, 1.54) is 4.90 Å². The summed E-state index contributed by atoms with van der Waals surface area (Å²) in [6.07, 6.45) is 2.81. The molecule has 180 valence electrons. The van der Waals surface area contributed by atoms with E-state index in [0.29, 0.717) is 37.5 Å². The lowest BCUT2D eigenvalue weighted by molar-refractivity contribution is -0.144. The number of anilines is 1. The Bertz CT molecular complexity index is 1080. The van der Waals surface area contributed by atoms with Crippen molar-refractivity contribution < 1.29 is 27.6 Å². The molecule has 0 aromatic heterocycles. The number of nitrogens with one attached hydrogen (secondary N) is 1. The molecule has 1 aromatic rings. The minimum absolute atomic E-state index is 0.0344. The van der Waals surface area contributed by atoms with Crippen LogP contribution in [0.5, 0.6) is 0 Å². The highest BCUT2D eigenvalue weighted by atomic mass is 35.5. The quantitative estimate of drug-likeness (QED) is 0.481. The SMILES string of the molecule is O=C(Nc1cc(C(F)(F)F)ccc1Cl)C1CCC(N2C(=O)[C@@H]3[C@@H]4C=C[C@H]([C@H]5C[C@@H]45)[C@@H]3C2=O)CC1. The number of carbonyl (C=O) groups is 3. The van der Waals surface area contributed by atoms with Gasteiger partial charge in [-0.05, 0) is 74.0 Å². The van der Waals surface area contributed by atoms with E-state index in [0.717, 1.165) is 24.6 Å². The number of hydrogen-bond donors (Lipinski definition) is 1. The van der Waals surface area contributed by atoms with E-state index in [9.17, 15) is 27.6 Å². The van der Waals surface area contributed by atoms with Gasteiger partial charge in [0.1, 0.15) is 0 Å². The molecule has 6 atom stereocenters. The molecule has 1 heterocycles. The molecule has 7 rings (SSSR count). The first-order chi connectivity index (χ1) is 16.1. The van der Waals surface area contributed by atoms with Gasteiger partial charge in [0.05, 0.1) is 28.1 Å². The van der Waals surface area contributed by atoms with Crippen LogP contribution in [0.25, 0.3) is 0 Å². The molecule has 4 fully saturated rings. The Morgan fingerprint density at radius 1 is 0.971 bits per heavy atom. The molecule has 1 N–H and O–H groups in total. The molecular weight excluding hydrogens is 469 g/mol. The van der Waals surface area contributed by atoms with E-state index in [-0.39, 0.29) is 52.2 Å². The predicted octanol–water partition coefficient (Wildman–Crippen LogP) is 4.91. The van der Waals surface area contributed by atoms with Crippen molar-refractivity contribution in [2.75, 3.05) is 5.32 Å². The summed E-state index contributed by atoms with van der Waals surface area (Å²) < 4.78 is 39.0. The minimum atomic E-state index is -4.54. The number of amides is 3. The van der Waals surface area contributed by atoms with Crippen molar-refractivity contribution in [3.05, 3.63) is 40.9 Å². The Morgan fingerprint density at radius 3 is 2.12 bits per heavy atom. The highest BCUT2D eigenvalue weighted by molar-refractivity contribution is 6.33. The van der Waals surface area contributed by atoms with Crippen LogP contribution in [0.2, 0.25) is 5.02 Å². The molecule has 34 heavy (non-hydrogen) atoms. The van der Waals surface area contributed by atoms with Gasteiger partial charge in [0.15, 0.2) is 0 Å². The van der Waals surface area contributed by atoms with Crippen LogP contribution < -0.4 is 5.32 Å². The molecule has 1 saturated heterocycles. The van der Waals surface area contributed by atoms with Gasteiger partial charge in [0, 0.05) is 12.0 Å². The third kappa shape index (κ3) is 3.32.